The van der Waals surface area contributed by atoms with Crippen LogP contribution in [-0.2, 0) is 11.4 Å². The van der Waals surface area contributed by atoms with Crippen molar-refractivity contribution in [3.05, 3.63) is 96.3 Å². The highest BCUT2D eigenvalue weighted by Crippen LogP contribution is 2.27. The van der Waals surface area contributed by atoms with Crippen molar-refractivity contribution in [1.29, 1.82) is 0 Å². The van der Waals surface area contributed by atoms with E-state index >= 15 is 0 Å². The number of hydrogen-bond donors (Lipinski definition) is 1. The predicted molar refractivity (Wildman–Crippen MR) is 127 cm³/mol. The van der Waals surface area contributed by atoms with Crippen molar-refractivity contribution in [2.45, 2.75) is 30.9 Å². The molecule has 0 saturated carbocycles. The van der Waals surface area contributed by atoms with Crippen molar-refractivity contribution in [3.63, 3.8) is 0 Å². The lowest BCUT2D eigenvalue weighted by atomic mass is 10.2. The zero-order valence-electron chi connectivity index (χ0n) is 17.9. The van der Waals surface area contributed by atoms with Crippen LogP contribution in [0, 0.1) is 6.92 Å². The van der Waals surface area contributed by atoms with Gasteiger partial charge in [0.2, 0.25) is 5.91 Å². The Balaban J connectivity index is 1.52. The number of hydrogen-bond acceptors (Lipinski definition) is 5. The van der Waals surface area contributed by atoms with Crippen molar-refractivity contribution < 1.29 is 9.53 Å². The maximum Gasteiger partial charge on any atom is 0.237 e. The summed E-state index contributed by atoms with van der Waals surface area (Å²) in [6.07, 6.45) is 0. The van der Waals surface area contributed by atoms with Gasteiger partial charge < -0.3 is 10.1 Å². The summed E-state index contributed by atoms with van der Waals surface area (Å²) in [6.45, 7) is 4.13. The van der Waals surface area contributed by atoms with E-state index in [4.69, 9.17) is 4.74 Å². The molecule has 0 saturated heterocycles. The Kier molecular flexibility index (Phi) is 6.87. The molecule has 162 valence electrons. The van der Waals surface area contributed by atoms with Gasteiger partial charge in [-0.05, 0) is 50.2 Å². The number of carbonyl (C=O) groups excluding carboxylic acids is 1. The van der Waals surface area contributed by atoms with Crippen molar-refractivity contribution in [3.8, 4) is 11.4 Å². The molecule has 0 aliphatic heterocycles. The third-order valence-electron chi connectivity index (χ3n) is 4.80. The number of para-hydroxylation sites is 2. The fourth-order valence-electron chi connectivity index (χ4n) is 3.06. The fraction of sp³-hybridized carbons (Fsp3) is 0.160. The van der Waals surface area contributed by atoms with Crippen LogP contribution in [0.1, 0.15) is 18.3 Å². The lowest BCUT2D eigenvalue weighted by molar-refractivity contribution is -0.115. The zero-order chi connectivity index (χ0) is 22.3. The van der Waals surface area contributed by atoms with Gasteiger partial charge in [0, 0.05) is 11.4 Å². The van der Waals surface area contributed by atoms with Gasteiger partial charge in [-0.15, -0.1) is 10.2 Å². The van der Waals surface area contributed by atoms with Crippen molar-refractivity contribution in [1.82, 2.24) is 14.8 Å². The van der Waals surface area contributed by atoms with Crippen LogP contribution in [0.3, 0.4) is 0 Å². The summed E-state index contributed by atoms with van der Waals surface area (Å²) in [6, 6.07) is 27.2. The van der Waals surface area contributed by atoms with Crippen LogP contribution in [0.4, 0.5) is 5.69 Å². The van der Waals surface area contributed by atoms with Gasteiger partial charge in [-0.25, -0.2) is 0 Å². The van der Waals surface area contributed by atoms with Gasteiger partial charge in [-0.1, -0.05) is 65.9 Å². The summed E-state index contributed by atoms with van der Waals surface area (Å²) < 4.78 is 7.83. The third kappa shape index (κ3) is 5.36. The SMILES string of the molecule is Cc1ccc(NC(=O)[C@H](C)Sc2nnc(COc3ccccc3)n2-c2ccccc2)cc1. The average molecular weight is 445 g/mol. The highest BCUT2D eigenvalue weighted by Gasteiger charge is 2.21. The maximum absolute atomic E-state index is 12.8. The van der Waals surface area contributed by atoms with E-state index in [0.29, 0.717) is 11.0 Å². The van der Waals surface area contributed by atoms with Gasteiger partial charge in [0.1, 0.15) is 12.4 Å². The highest BCUT2D eigenvalue weighted by atomic mass is 32.2. The van der Waals surface area contributed by atoms with Crippen LogP contribution in [-0.4, -0.2) is 25.9 Å². The molecule has 0 radical (unpaired) electrons. The monoisotopic (exact) mass is 444 g/mol. The highest BCUT2D eigenvalue weighted by molar-refractivity contribution is 8.00. The van der Waals surface area contributed by atoms with Crippen LogP contribution in [0.2, 0.25) is 0 Å². The van der Waals surface area contributed by atoms with Crippen LogP contribution in [0.15, 0.2) is 90.1 Å². The summed E-state index contributed by atoms with van der Waals surface area (Å²) >= 11 is 1.36. The quantitative estimate of drug-likeness (QED) is 0.375. The molecule has 1 aromatic heterocycles. The summed E-state index contributed by atoms with van der Waals surface area (Å²) in [5.41, 5.74) is 2.83. The Labute approximate surface area is 191 Å². The molecule has 1 atom stereocenters. The van der Waals surface area contributed by atoms with E-state index in [9.17, 15) is 4.79 Å². The second-order valence-electron chi connectivity index (χ2n) is 7.29. The van der Waals surface area contributed by atoms with Crippen LogP contribution in [0.25, 0.3) is 5.69 Å². The molecule has 6 nitrogen and oxygen atoms in total. The Morgan fingerprint density at radius 2 is 1.62 bits per heavy atom. The average Bonchev–Trinajstić information content (AvgIpc) is 3.22. The topological polar surface area (TPSA) is 69.0 Å². The number of nitrogens with one attached hydrogen (secondary N) is 1. The molecule has 0 unspecified atom stereocenters. The van der Waals surface area contributed by atoms with E-state index in [2.05, 4.69) is 15.5 Å². The first-order valence-electron chi connectivity index (χ1n) is 10.3. The molecule has 0 spiro atoms. The number of anilines is 1. The summed E-state index contributed by atoms with van der Waals surface area (Å²) in [5, 5.41) is 11.9. The van der Waals surface area contributed by atoms with Gasteiger partial charge in [-0.3, -0.25) is 9.36 Å². The van der Waals surface area contributed by atoms with Gasteiger partial charge >= 0.3 is 0 Å². The van der Waals surface area contributed by atoms with Gasteiger partial charge in [-0.2, -0.15) is 0 Å². The first-order chi connectivity index (χ1) is 15.6. The third-order valence-corrected chi connectivity index (χ3v) is 5.84. The largest absolute Gasteiger partial charge is 0.486 e. The predicted octanol–water partition coefficient (Wildman–Crippen LogP) is 5.27. The molecule has 0 fully saturated rings. The molecule has 1 heterocycles. The molecule has 0 aliphatic carbocycles. The number of thioether (sulfide) groups is 1. The van der Waals surface area contributed by atoms with Crippen LogP contribution < -0.4 is 10.1 Å². The second-order valence-corrected chi connectivity index (χ2v) is 8.59. The van der Waals surface area contributed by atoms with Crippen LogP contribution >= 0.6 is 11.8 Å². The standard InChI is InChI=1S/C25H24N4O2S/c1-18-13-15-20(16-14-18)26-24(30)19(2)32-25-28-27-23(17-31-22-11-7-4-8-12-22)29(25)21-9-5-3-6-10-21/h3-16,19H,17H2,1-2H3,(H,26,30)/t19-/m0/s1. The van der Waals surface area contributed by atoms with E-state index in [1.165, 1.54) is 11.8 Å². The second kappa shape index (κ2) is 10.2. The Morgan fingerprint density at radius 1 is 0.969 bits per heavy atom. The summed E-state index contributed by atoms with van der Waals surface area (Å²) in [5.74, 6) is 1.33. The molecule has 4 rings (SSSR count). The lowest BCUT2D eigenvalue weighted by Gasteiger charge is -2.14. The van der Waals surface area contributed by atoms with E-state index < -0.39 is 0 Å². The number of amides is 1. The number of benzene rings is 3. The number of aryl methyl sites for hydroxylation is 1. The normalized spacial score (nSPS) is 11.7. The molecular formula is C25H24N4O2S. The zero-order valence-corrected chi connectivity index (χ0v) is 18.8. The summed E-state index contributed by atoms with van der Waals surface area (Å²) in [7, 11) is 0. The fourth-order valence-corrected chi connectivity index (χ4v) is 3.95. The number of nitrogens with zero attached hydrogens (tertiary/aromatic N) is 3. The molecule has 1 amide bonds. The first kappa shape index (κ1) is 21.6. The van der Waals surface area contributed by atoms with Crippen LogP contribution in [0.5, 0.6) is 5.75 Å². The lowest BCUT2D eigenvalue weighted by Crippen LogP contribution is -2.23. The van der Waals surface area contributed by atoms with Gasteiger partial charge in [0.15, 0.2) is 11.0 Å². The minimum absolute atomic E-state index is 0.0939. The molecule has 0 bridgehead atoms. The minimum Gasteiger partial charge on any atom is -0.486 e. The molecule has 0 aliphatic rings. The summed E-state index contributed by atoms with van der Waals surface area (Å²) in [4.78, 5) is 12.8. The molecule has 7 heteroatoms. The van der Waals surface area contributed by atoms with E-state index in [1.807, 2.05) is 103 Å². The minimum atomic E-state index is -0.370. The first-order valence-corrected chi connectivity index (χ1v) is 11.2. The smallest absolute Gasteiger partial charge is 0.237 e. The molecule has 1 N–H and O–H groups in total. The van der Waals surface area contributed by atoms with E-state index in [0.717, 1.165) is 22.7 Å². The van der Waals surface area contributed by atoms with Gasteiger partial charge in [0.05, 0.1) is 5.25 Å². The van der Waals surface area contributed by atoms with Crippen molar-refractivity contribution in [2.75, 3.05) is 5.32 Å². The number of ether oxygens (including phenoxy) is 1. The van der Waals surface area contributed by atoms with Gasteiger partial charge in [0.25, 0.3) is 0 Å². The van der Waals surface area contributed by atoms with Crippen molar-refractivity contribution in [2.24, 2.45) is 0 Å². The van der Waals surface area contributed by atoms with E-state index in [-0.39, 0.29) is 17.8 Å². The van der Waals surface area contributed by atoms with E-state index in [1.54, 1.807) is 0 Å². The molecular weight excluding hydrogens is 420 g/mol. The van der Waals surface area contributed by atoms with Crippen molar-refractivity contribution >= 4 is 23.4 Å². The maximum atomic E-state index is 12.8. The Morgan fingerprint density at radius 3 is 2.31 bits per heavy atom. The number of rotatable bonds is 8. The molecule has 3 aromatic carbocycles. The number of carbonyl (C=O) groups is 1. The Hall–Kier alpha value is -3.58. The Bertz CT molecular complexity index is 1160. The number of aromatic nitrogens is 3. The molecule has 32 heavy (non-hydrogen) atoms. The molecule has 4 aromatic rings.